The number of ether oxygens (including phenoxy) is 2. The zero-order valence-corrected chi connectivity index (χ0v) is 69.1. The molecule has 6 aromatic heterocycles. The van der Waals surface area contributed by atoms with Gasteiger partial charge in [0.25, 0.3) is 17.7 Å². The summed E-state index contributed by atoms with van der Waals surface area (Å²) in [6.07, 6.45) is -0.237. The first kappa shape index (κ1) is 93.2. The van der Waals surface area contributed by atoms with Crippen LogP contribution in [-0.2, 0) is 57.9 Å². The number of anilines is 3. The largest absolute Gasteiger partial charge is 0.480 e. The summed E-state index contributed by atoms with van der Waals surface area (Å²) >= 11 is 18.3. The molecule has 12 N–H and O–H groups in total. The minimum absolute atomic E-state index is 0. The van der Waals surface area contributed by atoms with E-state index in [0.717, 1.165) is 19.2 Å². The average molecular weight is 1830 g/mol. The van der Waals surface area contributed by atoms with Crippen molar-refractivity contribution in [1.29, 1.82) is 0 Å². The number of carboxylic acids is 2. The fourth-order valence-corrected chi connectivity index (χ4v) is 14.7. The Balaban J connectivity index is 0.000000171. The number of pyridine rings is 3. The topological polar surface area (TPSA) is 489 Å². The molecule has 0 bridgehead atoms. The lowest BCUT2D eigenvalue weighted by Crippen LogP contribution is -2.44. The molecule has 3 aliphatic heterocycles. The number of alkyl halides is 3. The van der Waals surface area contributed by atoms with Gasteiger partial charge in [-0.25, -0.2) is 40.7 Å². The summed E-state index contributed by atoms with van der Waals surface area (Å²) in [5.74, 6) is -11.9. The van der Waals surface area contributed by atoms with E-state index in [1.54, 1.807) is 36.4 Å². The molecule has 0 spiro atoms. The molecule has 15 rings (SSSR count). The van der Waals surface area contributed by atoms with Crippen molar-refractivity contribution < 1.29 is 104 Å². The molecule has 658 valence electrons. The van der Waals surface area contributed by atoms with Gasteiger partial charge in [-0.05, 0) is 127 Å². The fraction of sp³-hybridized carbons (Fsp3) is 0.205. The number of benzene rings is 6. The standard InChI is InChI=1S/C28H23ClF2N6O5.C27H21ClF2N6O5.C16H14ClF2N3O.C12H11N3O5.ClH/c1-42-28(41)14-7-8-20-17(10-14)25(26(32)39)35-37(20)13-22(38)36-12-15(30)11-21(36)27(40)34-19-6-2-4-16(23(19)31)24-18(29)5-3-9-33-24;28-17-4-2-8-32-23(17)15-3-1-5-18(22(15)30)33-26(39)20-10-14(29)11-35(20)21(37)12-36-19-7-6-13(27(40)41)9-16(19)24(34-36)25(31)38;17-11-4-2-6-20-15(11)10-3-1-5-12(14(10)19)22-16(23)13-7-9(18)8-21-13;1-20-12(19)6-2-3-8-7(4-6)10(11(13)18)14-15(8)5-9(16)17;/h2-10,15,21H,11-13H2,1H3,(H2,32,39)(H,34,40);1-9,14,20H,10-12H2,(H2,31,38)(H,33,39)(H,40,41);1-6,9,13,21H,7-8H2,(H,22,23);2-4H,5H2,1H3,(H2,13,18)(H,16,17);1H/t15-,21+;14-,20+;9-,13+;;/m111../s1. The second-order valence-corrected chi connectivity index (χ2v) is 29.3. The van der Waals surface area contributed by atoms with Crippen LogP contribution in [0, 0.1) is 17.5 Å². The smallest absolute Gasteiger partial charge is 0.337 e. The first-order valence-corrected chi connectivity index (χ1v) is 38.6. The van der Waals surface area contributed by atoms with Gasteiger partial charge in [-0.2, -0.15) is 15.3 Å². The van der Waals surface area contributed by atoms with Crippen LogP contribution < -0.4 is 38.5 Å². The van der Waals surface area contributed by atoms with Gasteiger partial charge in [-0.1, -0.05) is 53.0 Å². The first-order valence-electron chi connectivity index (χ1n) is 37.5. The molecule has 3 saturated heterocycles. The summed E-state index contributed by atoms with van der Waals surface area (Å²) in [5.41, 5.74) is 17.2. The van der Waals surface area contributed by atoms with Crippen molar-refractivity contribution >= 4 is 168 Å². The highest BCUT2D eigenvalue weighted by atomic mass is 35.5. The van der Waals surface area contributed by atoms with Crippen molar-refractivity contribution in [2.45, 2.75) is 75.5 Å². The normalized spacial score (nSPS) is 16.1. The van der Waals surface area contributed by atoms with Crippen molar-refractivity contribution in [3.05, 3.63) is 230 Å². The van der Waals surface area contributed by atoms with Crippen LogP contribution in [-0.4, -0.2) is 206 Å². The minimum atomic E-state index is -1.52. The number of hydrogen-bond acceptors (Lipinski definition) is 21. The number of nitrogens with zero attached hydrogens (tertiary/aromatic N) is 11. The maximum Gasteiger partial charge on any atom is 0.337 e. The van der Waals surface area contributed by atoms with Crippen LogP contribution in [0.5, 0.6) is 0 Å². The molecule has 6 atom stereocenters. The van der Waals surface area contributed by atoms with E-state index in [-0.39, 0.29) is 150 Å². The zero-order valence-electron chi connectivity index (χ0n) is 66.0. The lowest BCUT2D eigenvalue weighted by Gasteiger charge is -2.24. The Kier molecular flexibility index (Phi) is 29.7. The lowest BCUT2D eigenvalue weighted by molar-refractivity contribution is -0.138. The Labute approximate surface area is 734 Å². The molecule has 0 saturated carbocycles. The van der Waals surface area contributed by atoms with Crippen LogP contribution in [0.25, 0.3) is 66.5 Å². The van der Waals surface area contributed by atoms with Gasteiger partial charge < -0.3 is 68.0 Å². The Morgan fingerprint density at radius 1 is 0.457 bits per heavy atom. The summed E-state index contributed by atoms with van der Waals surface area (Å²) in [4.78, 5) is 160. The highest BCUT2D eigenvalue weighted by Gasteiger charge is 2.43. The molecule has 34 nitrogen and oxygen atoms in total. The Morgan fingerprint density at radius 3 is 1.11 bits per heavy atom. The number of rotatable bonds is 21. The molecule has 3 aliphatic rings. The summed E-state index contributed by atoms with van der Waals surface area (Å²) in [6, 6.07) is 31.8. The van der Waals surface area contributed by atoms with E-state index in [1.165, 1.54) is 147 Å². The predicted molar refractivity (Wildman–Crippen MR) is 450 cm³/mol. The number of carboxylic acid groups (broad SMARTS) is 2. The van der Waals surface area contributed by atoms with Gasteiger partial charge in [0.2, 0.25) is 29.5 Å². The number of aliphatic carboxylic acids is 1. The molecule has 8 amide bonds. The second kappa shape index (κ2) is 40.4. The number of methoxy groups -OCH3 is 2. The van der Waals surface area contributed by atoms with E-state index in [1.807, 2.05) is 0 Å². The molecule has 6 aromatic carbocycles. The maximum absolute atomic E-state index is 15.4. The number of carbonyl (C=O) groups excluding carboxylic acids is 10. The number of hydrogen-bond donors (Lipinski definition) is 9. The van der Waals surface area contributed by atoms with Gasteiger partial charge in [0, 0.05) is 77.2 Å². The third kappa shape index (κ3) is 21.0. The molecule has 127 heavy (non-hydrogen) atoms. The van der Waals surface area contributed by atoms with Gasteiger partial charge in [-0.3, -0.25) is 72.1 Å². The quantitative estimate of drug-likeness (QED) is 0.0238. The fourth-order valence-electron chi connectivity index (χ4n) is 14.0. The summed E-state index contributed by atoms with van der Waals surface area (Å²) in [7, 11) is 2.43. The van der Waals surface area contributed by atoms with Crippen LogP contribution >= 0.6 is 47.2 Å². The van der Waals surface area contributed by atoms with Gasteiger partial charge >= 0.3 is 23.9 Å². The van der Waals surface area contributed by atoms with Crippen molar-refractivity contribution in [3.63, 3.8) is 0 Å². The second-order valence-electron chi connectivity index (χ2n) is 28.0. The highest BCUT2D eigenvalue weighted by Crippen LogP contribution is 2.37. The predicted octanol–water partition coefficient (Wildman–Crippen LogP) is 10.2. The summed E-state index contributed by atoms with van der Waals surface area (Å²) in [5, 5.41) is 41.6. The molecule has 44 heteroatoms. The van der Waals surface area contributed by atoms with Crippen molar-refractivity contribution in [1.82, 2.24) is 59.4 Å². The third-order valence-corrected chi connectivity index (χ3v) is 20.8. The highest BCUT2D eigenvalue weighted by molar-refractivity contribution is 6.34. The van der Waals surface area contributed by atoms with E-state index in [2.05, 4.69) is 56.3 Å². The molecule has 0 unspecified atom stereocenters. The van der Waals surface area contributed by atoms with E-state index in [0.29, 0.717) is 27.1 Å². The number of esters is 2. The number of fused-ring (bicyclic) bond motifs is 3. The van der Waals surface area contributed by atoms with Crippen LogP contribution in [0.2, 0.25) is 15.1 Å². The molecule has 12 aromatic rings. The SMILES string of the molecule is COC(=O)c1ccc2c(c1)c(C(N)=O)nn2CC(=O)N1C[C@H](F)C[C@H]1C(=O)Nc1cccc(-c2ncccc2Cl)c1F.COC(=O)c1ccc2c(c1)c(C(N)=O)nn2CC(=O)O.Cl.NC(=O)c1nn(CC(=O)N2C[C@H](F)C[C@H]2C(=O)Nc2cccc(-c3ncccc3Cl)c2F)c2ccc(C(=O)O)cc12.O=C(Nc1cccc(-c2ncccc2Cl)c1F)[C@@H]1C[C@@H](F)CN1. The monoisotopic (exact) mass is 1830 g/mol. The van der Waals surface area contributed by atoms with Gasteiger partial charge in [0.05, 0.1) is 116 Å². The summed E-state index contributed by atoms with van der Waals surface area (Å²) < 4.78 is 100. The molecular formula is C83H70Cl4F6N18O16. The van der Waals surface area contributed by atoms with Crippen LogP contribution in [0.3, 0.4) is 0 Å². The number of amides is 8. The van der Waals surface area contributed by atoms with Gasteiger partial charge in [-0.15, -0.1) is 12.4 Å². The maximum atomic E-state index is 15.4. The van der Waals surface area contributed by atoms with Crippen molar-refractivity contribution in [2.75, 3.05) is 49.8 Å². The van der Waals surface area contributed by atoms with Crippen LogP contribution in [0.1, 0.15) is 81.8 Å². The Bertz CT molecular complexity index is 6390. The molecule has 0 aliphatic carbocycles. The van der Waals surface area contributed by atoms with Crippen molar-refractivity contribution in [2.24, 2.45) is 17.2 Å². The van der Waals surface area contributed by atoms with Crippen LogP contribution in [0.15, 0.2) is 164 Å². The number of halogens is 10. The van der Waals surface area contributed by atoms with E-state index >= 15 is 8.78 Å². The zero-order chi connectivity index (χ0) is 90.8. The average Bonchev–Trinajstić information content (AvgIpc) is 1.64. The number of carbonyl (C=O) groups is 12. The van der Waals surface area contributed by atoms with Gasteiger partial charge in [0.15, 0.2) is 34.5 Å². The number of primary amides is 3. The van der Waals surface area contributed by atoms with E-state index in [4.69, 9.17) is 61.8 Å². The third-order valence-electron chi connectivity index (χ3n) is 19.8. The molecular weight excluding hydrogens is 1760 g/mol. The van der Waals surface area contributed by atoms with Crippen molar-refractivity contribution in [3.8, 4) is 33.8 Å². The number of likely N-dealkylation sites (tertiary alicyclic amines) is 2. The Morgan fingerprint density at radius 2 is 0.795 bits per heavy atom. The molecule has 0 radical (unpaired) electrons. The molecule has 3 fully saturated rings. The van der Waals surface area contributed by atoms with Crippen LogP contribution in [0.4, 0.5) is 43.4 Å². The lowest BCUT2D eigenvalue weighted by atomic mass is 10.1. The number of aromatic carboxylic acids is 1. The number of nitrogens with two attached hydrogens (primary N) is 3. The number of nitrogens with one attached hydrogen (secondary N) is 4. The molecule has 9 heterocycles. The summed E-state index contributed by atoms with van der Waals surface area (Å²) in [6.45, 7) is -2.04. The number of aromatic nitrogens is 9. The van der Waals surface area contributed by atoms with E-state index < -0.39 is 151 Å². The Hall–Kier alpha value is -14.5. The van der Waals surface area contributed by atoms with Gasteiger partial charge in [0.1, 0.15) is 50.2 Å². The minimum Gasteiger partial charge on any atom is -0.480 e. The van der Waals surface area contributed by atoms with E-state index in [9.17, 15) is 80.2 Å². The first-order chi connectivity index (χ1) is 60.1.